The summed E-state index contributed by atoms with van der Waals surface area (Å²) < 4.78 is 24.9. The van der Waals surface area contributed by atoms with Gasteiger partial charge in [-0.15, -0.1) is 0 Å². The van der Waals surface area contributed by atoms with Gasteiger partial charge < -0.3 is 5.32 Å². The SMILES string of the molecule is CCCC(CS(=O)(=O)c1ccc2c(c1)CCC2)NC. The molecule has 2 rings (SSSR count). The predicted molar refractivity (Wildman–Crippen MR) is 78.3 cm³/mol. The van der Waals surface area contributed by atoms with E-state index in [9.17, 15) is 8.42 Å². The van der Waals surface area contributed by atoms with E-state index in [1.54, 1.807) is 6.07 Å². The van der Waals surface area contributed by atoms with Crippen LogP contribution >= 0.6 is 0 Å². The van der Waals surface area contributed by atoms with Gasteiger partial charge >= 0.3 is 0 Å². The van der Waals surface area contributed by atoms with Crippen LogP contribution in [0.25, 0.3) is 0 Å². The first kappa shape index (κ1) is 14.5. The molecule has 1 unspecified atom stereocenters. The number of nitrogens with one attached hydrogen (secondary N) is 1. The molecule has 1 aliphatic rings. The number of benzene rings is 1. The van der Waals surface area contributed by atoms with E-state index in [1.165, 1.54) is 11.1 Å². The van der Waals surface area contributed by atoms with Crippen molar-refractivity contribution in [3.05, 3.63) is 29.3 Å². The van der Waals surface area contributed by atoms with E-state index >= 15 is 0 Å². The molecule has 0 aliphatic heterocycles. The van der Waals surface area contributed by atoms with E-state index in [2.05, 4.69) is 12.2 Å². The van der Waals surface area contributed by atoms with E-state index in [4.69, 9.17) is 0 Å². The topological polar surface area (TPSA) is 46.2 Å². The van der Waals surface area contributed by atoms with E-state index < -0.39 is 9.84 Å². The molecular weight excluding hydrogens is 258 g/mol. The summed E-state index contributed by atoms with van der Waals surface area (Å²) >= 11 is 0. The van der Waals surface area contributed by atoms with Crippen molar-refractivity contribution < 1.29 is 8.42 Å². The summed E-state index contributed by atoms with van der Waals surface area (Å²) in [6, 6.07) is 5.70. The van der Waals surface area contributed by atoms with Gasteiger partial charge in [0.2, 0.25) is 0 Å². The molecule has 1 atom stereocenters. The summed E-state index contributed by atoms with van der Waals surface area (Å²) in [5.74, 6) is 0.191. The zero-order valence-corrected chi connectivity index (χ0v) is 12.6. The molecule has 0 radical (unpaired) electrons. The Hall–Kier alpha value is -0.870. The van der Waals surface area contributed by atoms with Gasteiger partial charge in [-0.3, -0.25) is 0 Å². The van der Waals surface area contributed by atoms with Gasteiger partial charge in [0.25, 0.3) is 0 Å². The highest BCUT2D eigenvalue weighted by molar-refractivity contribution is 7.91. The summed E-state index contributed by atoms with van der Waals surface area (Å²) in [7, 11) is -1.35. The maximum atomic E-state index is 12.4. The average molecular weight is 281 g/mol. The molecule has 19 heavy (non-hydrogen) atoms. The highest BCUT2D eigenvalue weighted by atomic mass is 32.2. The fourth-order valence-electron chi connectivity index (χ4n) is 2.76. The molecular formula is C15H23NO2S. The zero-order valence-electron chi connectivity index (χ0n) is 11.8. The van der Waals surface area contributed by atoms with Crippen molar-refractivity contribution in [1.29, 1.82) is 0 Å². The van der Waals surface area contributed by atoms with Gasteiger partial charge in [-0.2, -0.15) is 0 Å². The summed E-state index contributed by atoms with van der Waals surface area (Å²) in [5, 5.41) is 3.10. The van der Waals surface area contributed by atoms with Crippen LogP contribution in [0.3, 0.4) is 0 Å². The van der Waals surface area contributed by atoms with Gasteiger partial charge in [0.15, 0.2) is 9.84 Å². The van der Waals surface area contributed by atoms with Gasteiger partial charge in [0.05, 0.1) is 10.6 Å². The summed E-state index contributed by atoms with van der Waals surface area (Å²) in [6.07, 6.45) is 5.13. The van der Waals surface area contributed by atoms with Gasteiger partial charge in [-0.05, 0) is 56.0 Å². The molecule has 0 saturated heterocycles. The van der Waals surface area contributed by atoms with Gasteiger partial charge in [-0.25, -0.2) is 8.42 Å². The van der Waals surface area contributed by atoms with E-state index in [1.807, 2.05) is 19.2 Å². The number of rotatable bonds is 6. The number of hydrogen-bond acceptors (Lipinski definition) is 3. The number of fused-ring (bicyclic) bond motifs is 1. The monoisotopic (exact) mass is 281 g/mol. The Labute approximate surface area is 116 Å². The molecule has 0 saturated carbocycles. The first-order valence-electron chi connectivity index (χ1n) is 7.08. The van der Waals surface area contributed by atoms with Crippen LogP contribution in [-0.4, -0.2) is 27.3 Å². The standard InChI is InChI=1S/C15H23NO2S/c1-3-5-14(16-2)11-19(17,18)15-9-8-12-6-4-7-13(12)10-15/h8-10,14,16H,3-7,11H2,1-2H3. The largest absolute Gasteiger partial charge is 0.316 e. The van der Waals surface area contributed by atoms with Crippen molar-refractivity contribution in [3.63, 3.8) is 0 Å². The van der Waals surface area contributed by atoms with E-state index in [0.29, 0.717) is 4.90 Å². The lowest BCUT2D eigenvalue weighted by Gasteiger charge is -2.15. The normalized spacial score (nSPS) is 16.3. The first-order valence-corrected chi connectivity index (χ1v) is 8.74. The molecule has 1 N–H and O–H groups in total. The molecule has 106 valence electrons. The van der Waals surface area contributed by atoms with Crippen LogP contribution in [0.2, 0.25) is 0 Å². The Kier molecular flexibility index (Phi) is 4.63. The van der Waals surface area contributed by atoms with Crippen LogP contribution in [-0.2, 0) is 22.7 Å². The molecule has 0 amide bonds. The average Bonchev–Trinajstić information content (AvgIpc) is 2.85. The minimum absolute atomic E-state index is 0.0447. The lowest BCUT2D eigenvalue weighted by atomic mass is 10.1. The van der Waals surface area contributed by atoms with Crippen molar-refractivity contribution in [1.82, 2.24) is 5.32 Å². The molecule has 1 aliphatic carbocycles. The van der Waals surface area contributed by atoms with Crippen LogP contribution in [0.4, 0.5) is 0 Å². The number of sulfone groups is 1. The predicted octanol–water partition coefficient (Wildman–Crippen LogP) is 2.34. The third kappa shape index (κ3) is 3.37. The molecule has 0 heterocycles. The van der Waals surface area contributed by atoms with Crippen LogP contribution in [0, 0.1) is 0 Å². The van der Waals surface area contributed by atoms with Crippen LogP contribution in [0.5, 0.6) is 0 Å². The first-order chi connectivity index (χ1) is 9.06. The van der Waals surface area contributed by atoms with Crippen molar-refractivity contribution in [3.8, 4) is 0 Å². The molecule has 3 nitrogen and oxygen atoms in total. The number of hydrogen-bond donors (Lipinski definition) is 1. The molecule has 0 bridgehead atoms. The van der Waals surface area contributed by atoms with E-state index in [0.717, 1.165) is 32.1 Å². The Balaban J connectivity index is 2.19. The van der Waals surface area contributed by atoms with Crippen LogP contribution in [0.1, 0.15) is 37.3 Å². The van der Waals surface area contributed by atoms with Crippen molar-refractivity contribution in [2.45, 2.75) is 50.0 Å². The third-order valence-electron chi connectivity index (χ3n) is 3.90. The second-order valence-corrected chi connectivity index (χ2v) is 7.37. The van der Waals surface area contributed by atoms with E-state index in [-0.39, 0.29) is 11.8 Å². The van der Waals surface area contributed by atoms with Crippen LogP contribution in [0.15, 0.2) is 23.1 Å². The minimum atomic E-state index is -3.18. The third-order valence-corrected chi connectivity index (χ3v) is 5.71. The van der Waals surface area contributed by atoms with Crippen molar-refractivity contribution in [2.75, 3.05) is 12.8 Å². The Morgan fingerprint density at radius 1 is 1.26 bits per heavy atom. The highest BCUT2D eigenvalue weighted by Crippen LogP contribution is 2.25. The van der Waals surface area contributed by atoms with Gasteiger partial charge in [0, 0.05) is 6.04 Å². The molecule has 0 spiro atoms. The molecule has 1 aromatic rings. The molecule has 1 aromatic carbocycles. The Bertz CT molecular complexity index is 537. The maximum absolute atomic E-state index is 12.4. The van der Waals surface area contributed by atoms with Crippen molar-refractivity contribution in [2.24, 2.45) is 0 Å². The van der Waals surface area contributed by atoms with Gasteiger partial charge in [0.1, 0.15) is 0 Å². The Morgan fingerprint density at radius 3 is 2.68 bits per heavy atom. The fourth-order valence-corrected chi connectivity index (χ4v) is 4.41. The summed E-state index contributed by atoms with van der Waals surface area (Å²) in [6.45, 7) is 2.08. The highest BCUT2D eigenvalue weighted by Gasteiger charge is 2.21. The maximum Gasteiger partial charge on any atom is 0.179 e. The molecule has 0 fully saturated rings. The molecule has 0 aromatic heterocycles. The smallest absolute Gasteiger partial charge is 0.179 e. The van der Waals surface area contributed by atoms with Crippen molar-refractivity contribution >= 4 is 9.84 Å². The molecule has 4 heteroatoms. The lowest BCUT2D eigenvalue weighted by molar-refractivity contribution is 0.536. The minimum Gasteiger partial charge on any atom is -0.316 e. The zero-order chi connectivity index (χ0) is 13.9. The van der Waals surface area contributed by atoms with Crippen LogP contribution < -0.4 is 5.32 Å². The lowest BCUT2D eigenvalue weighted by Crippen LogP contribution is -2.32. The second-order valence-electron chi connectivity index (χ2n) is 5.34. The van der Waals surface area contributed by atoms with Gasteiger partial charge in [-0.1, -0.05) is 19.4 Å². The fraction of sp³-hybridized carbons (Fsp3) is 0.600. The Morgan fingerprint density at radius 2 is 2.00 bits per heavy atom. The summed E-state index contributed by atoms with van der Waals surface area (Å²) in [5.41, 5.74) is 2.54. The quantitative estimate of drug-likeness (QED) is 0.870. The summed E-state index contributed by atoms with van der Waals surface area (Å²) in [4.78, 5) is 0.490. The number of aryl methyl sites for hydroxylation is 2. The second kappa shape index (κ2) is 6.06.